The van der Waals surface area contributed by atoms with Crippen molar-refractivity contribution in [3.8, 4) is 6.07 Å². The second kappa shape index (κ2) is 10.1. The first-order valence-electron chi connectivity index (χ1n) is 9.64. The minimum absolute atomic E-state index is 0.110. The average Bonchev–Trinajstić information content (AvgIpc) is 2.66. The van der Waals surface area contributed by atoms with Crippen LogP contribution < -0.4 is 5.32 Å². The number of nitrogens with one attached hydrogen (secondary N) is 1. The van der Waals surface area contributed by atoms with Crippen molar-refractivity contribution in [2.75, 3.05) is 32.1 Å². The number of rotatable bonds is 9. The third-order valence-electron chi connectivity index (χ3n) is 5.27. The van der Waals surface area contributed by atoms with Crippen molar-refractivity contribution in [3.05, 3.63) is 28.8 Å². The molecule has 0 fully saturated rings. The molecular formula is C21H32N3O3+. The molecule has 27 heavy (non-hydrogen) atoms. The van der Waals surface area contributed by atoms with Gasteiger partial charge in [0.2, 0.25) is 0 Å². The van der Waals surface area contributed by atoms with E-state index in [1.807, 2.05) is 6.07 Å². The highest BCUT2D eigenvalue weighted by molar-refractivity contribution is 6.03. The molecule has 0 aliphatic heterocycles. The molecular weight excluding hydrogens is 342 g/mol. The number of hydrogen-bond acceptors (Lipinski definition) is 4. The molecule has 0 heterocycles. The van der Waals surface area contributed by atoms with E-state index in [2.05, 4.69) is 33.1 Å². The number of nitriles is 1. The number of likely N-dealkylation sites (N-methyl/N-ethyl adjacent to an activating group) is 1. The quantitative estimate of drug-likeness (QED) is 0.529. The lowest BCUT2D eigenvalue weighted by atomic mass is 10.0. The predicted octanol–water partition coefficient (Wildman–Crippen LogP) is 3.64. The number of amides is 1. The van der Waals surface area contributed by atoms with Gasteiger partial charge in [0, 0.05) is 6.42 Å². The van der Waals surface area contributed by atoms with E-state index >= 15 is 0 Å². The molecule has 0 spiro atoms. The lowest BCUT2D eigenvalue weighted by Gasteiger charge is -2.39. The standard InChI is InChI=1S/C21H31N3O3/c1-7-11-18(24(6,8-2)9-3)20(25)23-19-15(5)12-16(14-22)13-17(19)21(26)27-10-4/h12-13,18H,7-11H2,1-6H3/p+1. The van der Waals surface area contributed by atoms with Crippen molar-refractivity contribution in [3.63, 3.8) is 0 Å². The van der Waals surface area contributed by atoms with Gasteiger partial charge < -0.3 is 14.5 Å². The van der Waals surface area contributed by atoms with Gasteiger partial charge in [-0.25, -0.2) is 4.79 Å². The fraction of sp³-hybridized carbons (Fsp3) is 0.571. The number of anilines is 1. The minimum Gasteiger partial charge on any atom is -0.462 e. The minimum atomic E-state index is -0.539. The number of carbonyl (C=O) groups is 2. The zero-order chi connectivity index (χ0) is 20.6. The molecule has 1 unspecified atom stereocenters. The zero-order valence-electron chi connectivity index (χ0n) is 17.4. The fourth-order valence-corrected chi connectivity index (χ4v) is 3.26. The molecule has 6 heteroatoms. The fourth-order valence-electron chi connectivity index (χ4n) is 3.26. The average molecular weight is 375 g/mol. The normalized spacial score (nSPS) is 12.2. The summed E-state index contributed by atoms with van der Waals surface area (Å²) in [4.78, 5) is 25.5. The van der Waals surface area contributed by atoms with Gasteiger partial charge in [-0.15, -0.1) is 0 Å². The summed E-state index contributed by atoms with van der Waals surface area (Å²) in [6.45, 7) is 11.6. The van der Waals surface area contributed by atoms with Gasteiger partial charge in [0.25, 0.3) is 5.91 Å². The van der Waals surface area contributed by atoms with E-state index in [0.29, 0.717) is 21.3 Å². The van der Waals surface area contributed by atoms with Crippen molar-refractivity contribution >= 4 is 17.6 Å². The number of ether oxygens (including phenoxy) is 1. The van der Waals surface area contributed by atoms with Crippen molar-refractivity contribution in [1.82, 2.24) is 0 Å². The summed E-state index contributed by atoms with van der Waals surface area (Å²) < 4.78 is 5.75. The molecule has 6 nitrogen and oxygen atoms in total. The van der Waals surface area contributed by atoms with Gasteiger partial charge in [0.1, 0.15) is 0 Å². The molecule has 1 aromatic rings. The van der Waals surface area contributed by atoms with E-state index in [4.69, 9.17) is 4.74 Å². The first kappa shape index (κ1) is 22.7. The molecule has 0 saturated heterocycles. The SMILES string of the molecule is CCCC(C(=O)Nc1c(C)cc(C#N)cc1C(=O)OCC)[N+](C)(CC)CC. The Morgan fingerprint density at radius 3 is 2.33 bits per heavy atom. The Bertz CT molecular complexity index is 718. The van der Waals surface area contributed by atoms with Crippen LogP contribution in [0.15, 0.2) is 12.1 Å². The van der Waals surface area contributed by atoms with Crippen LogP contribution in [0, 0.1) is 18.3 Å². The highest BCUT2D eigenvalue weighted by Gasteiger charge is 2.36. The Hall–Kier alpha value is -2.39. The smallest absolute Gasteiger partial charge is 0.340 e. The zero-order valence-corrected chi connectivity index (χ0v) is 17.4. The topological polar surface area (TPSA) is 79.2 Å². The molecule has 0 aromatic heterocycles. The molecule has 148 valence electrons. The molecule has 0 aliphatic rings. The second-order valence-electron chi connectivity index (χ2n) is 6.95. The first-order chi connectivity index (χ1) is 12.8. The van der Waals surface area contributed by atoms with Crippen LogP contribution in [0.1, 0.15) is 62.0 Å². The Balaban J connectivity index is 3.34. The maximum absolute atomic E-state index is 13.2. The monoisotopic (exact) mass is 374 g/mol. The predicted molar refractivity (Wildman–Crippen MR) is 106 cm³/mol. The molecule has 1 N–H and O–H groups in total. The summed E-state index contributed by atoms with van der Waals surface area (Å²) in [5, 5.41) is 12.2. The third kappa shape index (κ3) is 5.30. The van der Waals surface area contributed by atoms with Crippen molar-refractivity contribution in [2.24, 2.45) is 0 Å². The molecule has 0 aliphatic carbocycles. The van der Waals surface area contributed by atoms with Gasteiger partial charge in [-0.05, 0) is 51.8 Å². The van der Waals surface area contributed by atoms with Crippen molar-refractivity contribution < 1.29 is 18.8 Å². The molecule has 1 amide bonds. The van der Waals surface area contributed by atoms with E-state index in [-0.39, 0.29) is 24.1 Å². The molecule has 0 radical (unpaired) electrons. The van der Waals surface area contributed by atoms with E-state index in [1.54, 1.807) is 19.9 Å². The molecule has 1 atom stereocenters. The van der Waals surface area contributed by atoms with Gasteiger partial charge in [-0.1, -0.05) is 6.92 Å². The highest BCUT2D eigenvalue weighted by atomic mass is 16.5. The number of carbonyl (C=O) groups excluding carboxylic acids is 2. The van der Waals surface area contributed by atoms with Gasteiger partial charge in [-0.3, -0.25) is 4.79 Å². The maximum atomic E-state index is 13.2. The molecule has 1 aromatic carbocycles. The van der Waals surface area contributed by atoms with Gasteiger partial charge in [0.15, 0.2) is 6.04 Å². The summed E-state index contributed by atoms with van der Waals surface area (Å²) in [5.74, 6) is -0.648. The number of benzene rings is 1. The van der Waals surface area contributed by atoms with Crippen molar-refractivity contribution in [2.45, 2.75) is 53.5 Å². The first-order valence-corrected chi connectivity index (χ1v) is 9.64. The summed E-state index contributed by atoms with van der Waals surface area (Å²) in [6.07, 6.45) is 1.65. The van der Waals surface area contributed by atoms with Crippen LogP contribution >= 0.6 is 0 Å². The lowest BCUT2D eigenvalue weighted by molar-refractivity contribution is -0.921. The number of hydrogen-bond donors (Lipinski definition) is 1. The van der Waals surface area contributed by atoms with Gasteiger partial charge in [0.05, 0.1) is 49.6 Å². The molecule has 0 saturated carbocycles. The van der Waals surface area contributed by atoms with Crippen molar-refractivity contribution in [1.29, 1.82) is 5.26 Å². The Labute approximate surface area is 162 Å². The van der Waals surface area contributed by atoms with E-state index < -0.39 is 5.97 Å². The summed E-state index contributed by atoms with van der Waals surface area (Å²) >= 11 is 0. The molecule has 1 rings (SSSR count). The van der Waals surface area contributed by atoms with Crippen LogP contribution in [-0.2, 0) is 9.53 Å². The van der Waals surface area contributed by atoms with Crippen LogP contribution in [0.4, 0.5) is 5.69 Å². The lowest BCUT2D eigenvalue weighted by Crippen LogP contribution is -2.57. The van der Waals surface area contributed by atoms with Crippen LogP contribution in [0.5, 0.6) is 0 Å². The highest BCUT2D eigenvalue weighted by Crippen LogP contribution is 2.26. The number of aryl methyl sites for hydroxylation is 1. The summed E-state index contributed by atoms with van der Waals surface area (Å²) in [7, 11) is 2.08. The Kier molecular flexibility index (Phi) is 8.45. The van der Waals surface area contributed by atoms with E-state index in [0.717, 1.165) is 25.9 Å². The van der Waals surface area contributed by atoms with Gasteiger partial charge in [-0.2, -0.15) is 5.26 Å². The van der Waals surface area contributed by atoms with Gasteiger partial charge >= 0.3 is 5.97 Å². The number of nitrogens with zero attached hydrogens (tertiary/aromatic N) is 2. The largest absolute Gasteiger partial charge is 0.462 e. The summed E-state index contributed by atoms with van der Waals surface area (Å²) in [5.41, 5.74) is 1.68. The van der Waals surface area contributed by atoms with Crippen LogP contribution in [0.25, 0.3) is 0 Å². The van der Waals surface area contributed by atoms with Crippen LogP contribution in [0.2, 0.25) is 0 Å². The van der Waals surface area contributed by atoms with E-state index in [1.165, 1.54) is 6.07 Å². The van der Waals surface area contributed by atoms with Crippen LogP contribution in [0.3, 0.4) is 0 Å². The second-order valence-corrected chi connectivity index (χ2v) is 6.95. The Morgan fingerprint density at radius 1 is 1.22 bits per heavy atom. The third-order valence-corrected chi connectivity index (χ3v) is 5.27. The van der Waals surface area contributed by atoms with Crippen LogP contribution in [-0.4, -0.2) is 49.1 Å². The Morgan fingerprint density at radius 2 is 1.85 bits per heavy atom. The number of quaternary nitrogens is 1. The van der Waals surface area contributed by atoms with E-state index in [9.17, 15) is 14.9 Å². The summed E-state index contributed by atoms with van der Waals surface area (Å²) in [6, 6.07) is 4.98. The molecule has 0 bridgehead atoms. The number of esters is 1. The maximum Gasteiger partial charge on any atom is 0.340 e.